The van der Waals surface area contributed by atoms with Gasteiger partial charge in [-0.05, 0) is 19.8 Å². The predicted molar refractivity (Wildman–Crippen MR) is 102 cm³/mol. The SMILES string of the molecule is CCCCCCCCCCCCCC/C=C(\F)C(O)CC(=O)OCC. The summed E-state index contributed by atoms with van der Waals surface area (Å²) in [6, 6.07) is 0. The van der Waals surface area contributed by atoms with E-state index in [9.17, 15) is 14.3 Å². The highest BCUT2D eigenvalue weighted by molar-refractivity contribution is 5.70. The van der Waals surface area contributed by atoms with Gasteiger partial charge in [-0.25, -0.2) is 4.39 Å². The van der Waals surface area contributed by atoms with Gasteiger partial charge >= 0.3 is 5.97 Å². The van der Waals surface area contributed by atoms with Crippen LogP contribution < -0.4 is 0 Å². The molecule has 0 aliphatic carbocycles. The summed E-state index contributed by atoms with van der Waals surface area (Å²) in [6.07, 6.45) is 15.6. The normalized spacial score (nSPS) is 13.0. The number of esters is 1. The Balaban J connectivity index is 3.45. The van der Waals surface area contributed by atoms with Gasteiger partial charge in [0.2, 0.25) is 0 Å². The van der Waals surface area contributed by atoms with Crippen molar-refractivity contribution in [3.63, 3.8) is 0 Å². The van der Waals surface area contributed by atoms with E-state index < -0.39 is 17.9 Å². The maximum atomic E-state index is 13.6. The van der Waals surface area contributed by atoms with Crippen molar-refractivity contribution in [3.05, 3.63) is 11.9 Å². The Hall–Kier alpha value is -0.900. The maximum absolute atomic E-state index is 13.6. The lowest BCUT2D eigenvalue weighted by Gasteiger charge is -2.07. The quantitative estimate of drug-likeness (QED) is 0.247. The van der Waals surface area contributed by atoms with Gasteiger partial charge in [0.25, 0.3) is 0 Å². The Morgan fingerprint density at radius 1 is 0.920 bits per heavy atom. The van der Waals surface area contributed by atoms with Crippen LogP contribution in [0.5, 0.6) is 0 Å². The maximum Gasteiger partial charge on any atom is 0.308 e. The van der Waals surface area contributed by atoms with Crippen molar-refractivity contribution < 1.29 is 19.0 Å². The number of aliphatic hydroxyl groups excluding tert-OH is 1. The van der Waals surface area contributed by atoms with Crippen molar-refractivity contribution in [2.75, 3.05) is 6.61 Å². The number of ether oxygens (including phenoxy) is 1. The van der Waals surface area contributed by atoms with Crippen LogP contribution in [0.3, 0.4) is 0 Å². The summed E-state index contributed by atoms with van der Waals surface area (Å²) in [5.74, 6) is -1.18. The van der Waals surface area contributed by atoms with E-state index in [1.165, 1.54) is 70.3 Å². The zero-order valence-electron chi connectivity index (χ0n) is 16.4. The standard InChI is InChI=1S/C21H39FO3/c1-3-5-6-7-8-9-10-11-12-13-14-15-16-17-19(22)20(23)18-21(24)25-4-2/h17,20,23H,3-16,18H2,1-2H3/b19-17-. The van der Waals surface area contributed by atoms with Gasteiger partial charge in [0.05, 0.1) is 13.0 Å². The van der Waals surface area contributed by atoms with Gasteiger partial charge < -0.3 is 9.84 Å². The second-order valence-electron chi connectivity index (χ2n) is 6.79. The third kappa shape index (κ3) is 16.3. The fourth-order valence-electron chi connectivity index (χ4n) is 2.84. The van der Waals surface area contributed by atoms with Crippen LogP contribution in [0.1, 0.15) is 104 Å². The molecule has 0 fully saturated rings. The molecule has 0 amide bonds. The highest BCUT2D eigenvalue weighted by Crippen LogP contribution is 2.14. The largest absolute Gasteiger partial charge is 0.466 e. The molecule has 148 valence electrons. The Bertz CT molecular complexity index is 342. The molecule has 0 rings (SSSR count). The molecule has 4 heteroatoms. The third-order valence-corrected chi connectivity index (χ3v) is 4.38. The average molecular weight is 359 g/mol. The Morgan fingerprint density at radius 2 is 1.40 bits per heavy atom. The molecule has 0 aromatic carbocycles. The molecule has 1 unspecified atom stereocenters. The number of rotatable bonds is 17. The predicted octanol–water partition coefficient (Wildman–Crippen LogP) is 6.25. The number of carbonyl (C=O) groups excluding carboxylic acids is 1. The van der Waals surface area contributed by atoms with Gasteiger partial charge in [-0.2, -0.15) is 0 Å². The van der Waals surface area contributed by atoms with Crippen LogP contribution in [0.4, 0.5) is 4.39 Å². The van der Waals surface area contributed by atoms with Gasteiger partial charge in [-0.3, -0.25) is 4.79 Å². The minimum absolute atomic E-state index is 0.246. The molecule has 25 heavy (non-hydrogen) atoms. The molecule has 0 radical (unpaired) electrons. The minimum atomic E-state index is -1.36. The number of halogens is 1. The van der Waals surface area contributed by atoms with Crippen molar-refractivity contribution in [3.8, 4) is 0 Å². The number of hydrogen-bond donors (Lipinski definition) is 1. The van der Waals surface area contributed by atoms with Gasteiger partial charge in [0, 0.05) is 0 Å². The minimum Gasteiger partial charge on any atom is -0.466 e. The first-order valence-electron chi connectivity index (χ1n) is 10.3. The van der Waals surface area contributed by atoms with Crippen LogP contribution in [0.15, 0.2) is 11.9 Å². The molecule has 0 bridgehead atoms. The molecule has 1 N–H and O–H groups in total. The van der Waals surface area contributed by atoms with Crippen LogP contribution >= 0.6 is 0 Å². The summed E-state index contributed by atoms with van der Waals surface area (Å²) < 4.78 is 18.3. The van der Waals surface area contributed by atoms with E-state index in [4.69, 9.17) is 4.74 Å². The second-order valence-corrected chi connectivity index (χ2v) is 6.79. The molecule has 0 aromatic heterocycles. The van der Waals surface area contributed by atoms with E-state index in [0.29, 0.717) is 6.42 Å². The summed E-state index contributed by atoms with van der Waals surface area (Å²) in [4.78, 5) is 11.2. The highest BCUT2D eigenvalue weighted by Gasteiger charge is 2.15. The molecule has 0 aromatic rings. The molecule has 0 spiro atoms. The van der Waals surface area contributed by atoms with Crippen LogP contribution in [0.2, 0.25) is 0 Å². The first-order valence-corrected chi connectivity index (χ1v) is 10.3. The summed E-state index contributed by atoms with van der Waals surface area (Å²) in [5.41, 5.74) is 0. The number of unbranched alkanes of at least 4 members (excludes halogenated alkanes) is 12. The third-order valence-electron chi connectivity index (χ3n) is 4.38. The summed E-state index contributed by atoms with van der Waals surface area (Å²) in [7, 11) is 0. The summed E-state index contributed by atoms with van der Waals surface area (Å²) in [5, 5.41) is 9.56. The lowest BCUT2D eigenvalue weighted by molar-refractivity contribution is -0.145. The average Bonchev–Trinajstić information content (AvgIpc) is 2.58. The molecular formula is C21H39FO3. The fourth-order valence-corrected chi connectivity index (χ4v) is 2.84. The molecule has 3 nitrogen and oxygen atoms in total. The zero-order valence-corrected chi connectivity index (χ0v) is 16.4. The Kier molecular flexibility index (Phi) is 17.3. The van der Waals surface area contributed by atoms with Crippen molar-refractivity contribution in [1.82, 2.24) is 0 Å². The van der Waals surface area contributed by atoms with Gasteiger partial charge in [-0.1, -0.05) is 83.6 Å². The van der Waals surface area contributed by atoms with Crippen molar-refractivity contribution in [2.45, 2.75) is 110 Å². The highest BCUT2D eigenvalue weighted by atomic mass is 19.1. The van der Waals surface area contributed by atoms with E-state index in [0.717, 1.165) is 12.8 Å². The number of aliphatic hydroxyl groups is 1. The van der Waals surface area contributed by atoms with E-state index in [1.54, 1.807) is 6.92 Å². The second kappa shape index (κ2) is 17.9. The lowest BCUT2D eigenvalue weighted by atomic mass is 10.0. The van der Waals surface area contributed by atoms with Crippen molar-refractivity contribution in [2.24, 2.45) is 0 Å². The van der Waals surface area contributed by atoms with Gasteiger partial charge in [0.15, 0.2) is 0 Å². The zero-order chi connectivity index (χ0) is 18.8. The van der Waals surface area contributed by atoms with Crippen LogP contribution in [-0.2, 0) is 9.53 Å². The van der Waals surface area contributed by atoms with E-state index in [2.05, 4.69) is 6.92 Å². The number of hydrogen-bond acceptors (Lipinski definition) is 3. The molecule has 1 atom stereocenters. The monoisotopic (exact) mass is 358 g/mol. The molecule has 0 saturated carbocycles. The fraction of sp³-hybridized carbons (Fsp3) is 0.857. The smallest absolute Gasteiger partial charge is 0.308 e. The van der Waals surface area contributed by atoms with Crippen molar-refractivity contribution in [1.29, 1.82) is 0 Å². The Labute approximate surface area is 154 Å². The molecule has 0 aliphatic heterocycles. The van der Waals surface area contributed by atoms with E-state index in [1.807, 2.05) is 0 Å². The first-order chi connectivity index (χ1) is 12.1. The van der Waals surface area contributed by atoms with Crippen molar-refractivity contribution >= 4 is 5.97 Å². The van der Waals surface area contributed by atoms with Crippen LogP contribution in [0.25, 0.3) is 0 Å². The number of allylic oxidation sites excluding steroid dienone is 1. The lowest BCUT2D eigenvalue weighted by Crippen LogP contribution is -2.16. The first kappa shape index (κ1) is 24.1. The topological polar surface area (TPSA) is 46.5 Å². The molecule has 0 heterocycles. The van der Waals surface area contributed by atoms with Crippen LogP contribution in [0, 0.1) is 0 Å². The molecule has 0 saturated heterocycles. The van der Waals surface area contributed by atoms with Gasteiger partial charge in [0.1, 0.15) is 11.9 Å². The molecule has 0 aliphatic rings. The van der Waals surface area contributed by atoms with Crippen LogP contribution in [-0.4, -0.2) is 23.8 Å². The Morgan fingerprint density at radius 3 is 1.88 bits per heavy atom. The molecular weight excluding hydrogens is 319 g/mol. The summed E-state index contributed by atoms with van der Waals surface area (Å²) >= 11 is 0. The summed E-state index contributed by atoms with van der Waals surface area (Å²) in [6.45, 7) is 4.18. The van der Waals surface area contributed by atoms with E-state index in [-0.39, 0.29) is 13.0 Å². The van der Waals surface area contributed by atoms with Gasteiger partial charge in [-0.15, -0.1) is 0 Å². The van der Waals surface area contributed by atoms with E-state index >= 15 is 0 Å². The number of carbonyl (C=O) groups is 1.